The maximum absolute atomic E-state index is 14.6. The Morgan fingerprint density at radius 2 is 1.90 bits per heavy atom. The quantitative estimate of drug-likeness (QED) is 0.571. The molecule has 0 N–H and O–H groups in total. The van der Waals surface area contributed by atoms with Crippen molar-refractivity contribution in [1.82, 2.24) is 14.6 Å². The van der Waals surface area contributed by atoms with E-state index in [1.165, 1.54) is 54.1 Å². The number of methoxy groups -OCH3 is 2. The highest BCUT2D eigenvalue weighted by Crippen LogP contribution is 2.28. The van der Waals surface area contributed by atoms with Gasteiger partial charge in [0.15, 0.2) is 5.65 Å². The van der Waals surface area contributed by atoms with Crippen molar-refractivity contribution in [2.24, 2.45) is 0 Å². The van der Waals surface area contributed by atoms with Crippen molar-refractivity contribution in [2.75, 3.05) is 19.1 Å². The highest BCUT2D eigenvalue weighted by Gasteiger charge is 2.28. The molecule has 164 valence electrons. The Labute approximate surface area is 178 Å². The van der Waals surface area contributed by atoms with Crippen LogP contribution in [0.15, 0.2) is 36.7 Å². The van der Waals surface area contributed by atoms with E-state index in [1.807, 2.05) is 0 Å². The molecular formula is C21H23FN4O5. The number of esters is 1. The van der Waals surface area contributed by atoms with Crippen LogP contribution in [0.25, 0.3) is 5.65 Å². The molecule has 0 spiro atoms. The topological polar surface area (TPSA) is 95.3 Å². The Hall–Kier alpha value is -3.69. The van der Waals surface area contributed by atoms with Crippen LogP contribution in [0.5, 0.6) is 5.75 Å². The molecule has 10 heteroatoms. The molecule has 0 aliphatic heterocycles. The molecule has 1 aromatic carbocycles. The Bertz CT molecular complexity index is 1120. The van der Waals surface area contributed by atoms with Gasteiger partial charge in [-0.1, -0.05) is 6.07 Å². The van der Waals surface area contributed by atoms with Gasteiger partial charge >= 0.3 is 12.1 Å². The first-order chi connectivity index (χ1) is 14.7. The van der Waals surface area contributed by atoms with Gasteiger partial charge in [0.1, 0.15) is 34.9 Å². The van der Waals surface area contributed by atoms with Crippen LogP contribution in [0, 0.1) is 5.82 Å². The fraction of sp³-hybridized carbons (Fsp3) is 0.333. The highest BCUT2D eigenvalue weighted by molar-refractivity contribution is 5.97. The summed E-state index contributed by atoms with van der Waals surface area (Å²) in [6, 6.07) is 7.36. The monoisotopic (exact) mass is 430 g/mol. The number of amides is 1. The molecule has 2 aromatic heterocycles. The minimum Gasteiger partial charge on any atom is -0.496 e. The largest absolute Gasteiger partial charge is 0.496 e. The summed E-state index contributed by atoms with van der Waals surface area (Å²) in [6.45, 7) is 4.97. The molecule has 1 amide bonds. The number of benzene rings is 1. The van der Waals surface area contributed by atoms with Crippen LogP contribution in [-0.4, -0.2) is 46.5 Å². The van der Waals surface area contributed by atoms with Gasteiger partial charge in [-0.15, -0.1) is 10.2 Å². The van der Waals surface area contributed by atoms with Gasteiger partial charge in [-0.05, 0) is 45.0 Å². The van der Waals surface area contributed by atoms with E-state index >= 15 is 0 Å². The maximum atomic E-state index is 14.6. The first-order valence-electron chi connectivity index (χ1n) is 9.39. The number of halogens is 1. The van der Waals surface area contributed by atoms with Gasteiger partial charge < -0.3 is 14.2 Å². The molecular weight excluding hydrogens is 407 g/mol. The number of rotatable bonds is 5. The molecule has 0 radical (unpaired) electrons. The van der Waals surface area contributed by atoms with E-state index in [2.05, 4.69) is 10.2 Å². The number of hydrogen-bond donors (Lipinski definition) is 0. The van der Waals surface area contributed by atoms with E-state index in [-0.39, 0.29) is 34.9 Å². The zero-order valence-electron chi connectivity index (χ0n) is 17.9. The van der Waals surface area contributed by atoms with E-state index in [0.717, 1.165) is 0 Å². The number of pyridine rings is 1. The fourth-order valence-corrected chi connectivity index (χ4v) is 2.99. The Kier molecular flexibility index (Phi) is 6.09. The molecule has 0 bridgehead atoms. The number of carbonyl (C=O) groups is 2. The van der Waals surface area contributed by atoms with Crippen LogP contribution in [0.1, 0.15) is 36.7 Å². The van der Waals surface area contributed by atoms with Gasteiger partial charge in [-0.25, -0.2) is 14.0 Å². The standard InChI is InChI=1S/C21H23FN4O5/c1-21(2,3)31-20(28)25(11-14-15(22)7-6-8-16(14)29-4)17-10-9-13(19(27)30-5)18-24-23-12-26(17)18/h6-10,12H,11H2,1-5H3. The second kappa shape index (κ2) is 8.58. The molecule has 9 nitrogen and oxygen atoms in total. The lowest BCUT2D eigenvalue weighted by molar-refractivity contribution is 0.0573. The molecule has 3 aromatic rings. The third-order valence-electron chi connectivity index (χ3n) is 4.34. The highest BCUT2D eigenvalue weighted by atomic mass is 19.1. The van der Waals surface area contributed by atoms with Gasteiger partial charge in [0.25, 0.3) is 0 Å². The summed E-state index contributed by atoms with van der Waals surface area (Å²) >= 11 is 0. The third-order valence-corrected chi connectivity index (χ3v) is 4.34. The van der Waals surface area contributed by atoms with Crippen molar-refractivity contribution < 1.29 is 28.2 Å². The summed E-state index contributed by atoms with van der Waals surface area (Å²) in [4.78, 5) is 26.4. The van der Waals surface area contributed by atoms with Crippen LogP contribution in [0.2, 0.25) is 0 Å². The summed E-state index contributed by atoms with van der Waals surface area (Å²) < 4.78 is 31.7. The number of fused-ring (bicyclic) bond motifs is 1. The molecule has 0 unspecified atom stereocenters. The molecule has 2 heterocycles. The predicted octanol–water partition coefficient (Wildman–Crippen LogP) is 3.61. The number of ether oxygens (including phenoxy) is 3. The van der Waals surface area contributed by atoms with E-state index in [1.54, 1.807) is 26.8 Å². The van der Waals surface area contributed by atoms with Crippen molar-refractivity contribution in [3.63, 3.8) is 0 Å². The second-order valence-electron chi connectivity index (χ2n) is 7.61. The van der Waals surface area contributed by atoms with Crippen molar-refractivity contribution >= 4 is 23.5 Å². The summed E-state index contributed by atoms with van der Waals surface area (Å²) in [5, 5.41) is 7.80. The zero-order valence-corrected chi connectivity index (χ0v) is 17.9. The lowest BCUT2D eigenvalue weighted by Gasteiger charge is -2.28. The summed E-state index contributed by atoms with van der Waals surface area (Å²) in [6.07, 6.45) is 0.617. The number of nitrogens with zero attached hydrogens (tertiary/aromatic N) is 4. The van der Waals surface area contributed by atoms with Gasteiger partial charge in [0.05, 0.1) is 20.8 Å². The zero-order chi connectivity index (χ0) is 22.8. The minimum atomic E-state index is -0.799. The maximum Gasteiger partial charge on any atom is 0.416 e. The molecule has 31 heavy (non-hydrogen) atoms. The van der Waals surface area contributed by atoms with Crippen LogP contribution in [0.3, 0.4) is 0 Å². The predicted molar refractivity (Wildman–Crippen MR) is 110 cm³/mol. The number of anilines is 1. The van der Waals surface area contributed by atoms with Crippen LogP contribution in [0.4, 0.5) is 15.0 Å². The molecule has 0 saturated carbocycles. The van der Waals surface area contributed by atoms with E-state index in [9.17, 15) is 14.0 Å². The van der Waals surface area contributed by atoms with Crippen LogP contribution in [-0.2, 0) is 16.0 Å². The first kappa shape index (κ1) is 22.0. The van der Waals surface area contributed by atoms with Crippen molar-refractivity contribution in [3.8, 4) is 5.75 Å². The molecule has 0 fully saturated rings. The average molecular weight is 430 g/mol. The van der Waals surface area contributed by atoms with E-state index in [0.29, 0.717) is 0 Å². The van der Waals surface area contributed by atoms with Crippen molar-refractivity contribution in [1.29, 1.82) is 0 Å². The fourth-order valence-electron chi connectivity index (χ4n) is 2.99. The van der Waals surface area contributed by atoms with Gasteiger partial charge in [0.2, 0.25) is 0 Å². The molecule has 0 aliphatic rings. The molecule has 3 rings (SSSR count). The molecule has 0 aliphatic carbocycles. The third kappa shape index (κ3) is 4.57. The molecule has 0 atom stereocenters. The lowest BCUT2D eigenvalue weighted by atomic mass is 10.1. The summed E-state index contributed by atoms with van der Waals surface area (Å²) in [5.41, 5.74) is -0.295. The summed E-state index contributed by atoms with van der Waals surface area (Å²) in [5.74, 6) is -0.602. The number of aromatic nitrogens is 3. The molecule has 0 saturated heterocycles. The number of carbonyl (C=O) groups excluding carboxylic acids is 2. The second-order valence-corrected chi connectivity index (χ2v) is 7.61. The Balaban J connectivity index is 2.15. The smallest absolute Gasteiger partial charge is 0.416 e. The normalized spacial score (nSPS) is 11.3. The Morgan fingerprint density at radius 3 is 2.55 bits per heavy atom. The van der Waals surface area contributed by atoms with Gasteiger partial charge in [-0.2, -0.15) is 0 Å². The SMILES string of the molecule is COC(=O)c1ccc(N(Cc2c(F)cccc2OC)C(=O)OC(C)(C)C)n2cnnc12. The first-order valence-corrected chi connectivity index (χ1v) is 9.39. The lowest BCUT2D eigenvalue weighted by Crippen LogP contribution is -2.37. The van der Waals surface area contributed by atoms with E-state index < -0.39 is 23.5 Å². The van der Waals surface area contributed by atoms with Crippen molar-refractivity contribution in [3.05, 3.63) is 53.6 Å². The van der Waals surface area contributed by atoms with Crippen molar-refractivity contribution in [2.45, 2.75) is 32.9 Å². The number of hydrogen-bond acceptors (Lipinski definition) is 7. The van der Waals surface area contributed by atoms with Crippen LogP contribution >= 0.6 is 0 Å². The van der Waals surface area contributed by atoms with Gasteiger partial charge in [-0.3, -0.25) is 9.30 Å². The van der Waals surface area contributed by atoms with Gasteiger partial charge in [0, 0.05) is 5.56 Å². The Morgan fingerprint density at radius 1 is 1.16 bits per heavy atom. The summed E-state index contributed by atoms with van der Waals surface area (Å²) in [7, 11) is 2.67. The average Bonchev–Trinajstić information content (AvgIpc) is 3.20. The van der Waals surface area contributed by atoms with E-state index in [4.69, 9.17) is 14.2 Å². The minimum absolute atomic E-state index is 0.161. The van der Waals surface area contributed by atoms with Crippen LogP contribution < -0.4 is 9.64 Å².